The van der Waals surface area contributed by atoms with Crippen molar-refractivity contribution in [2.75, 3.05) is 19.7 Å². The SMILES string of the molecule is CCC(C)(CO)CN(CC(F)(F)F)C(C)C. The van der Waals surface area contributed by atoms with E-state index in [1.54, 1.807) is 20.8 Å². The Balaban J connectivity index is 4.57. The molecule has 0 rings (SSSR count). The summed E-state index contributed by atoms with van der Waals surface area (Å²) in [5.41, 5.74) is -0.463. The minimum Gasteiger partial charge on any atom is -0.396 e. The van der Waals surface area contributed by atoms with Gasteiger partial charge < -0.3 is 5.11 Å². The van der Waals surface area contributed by atoms with Gasteiger partial charge in [0.2, 0.25) is 0 Å². The average Bonchev–Trinajstić information content (AvgIpc) is 2.14. The molecule has 5 heteroatoms. The number of aliphatic hydroxyl groups excluding tert-OH is 1. The van der Waals surface area contributed by atoms with Crippen LogP contribution < -0.4 is 0 Å². The number of aliphatic hydroxyl groups is 1. The molecule has 0 radical (unpaired) electrons. The lowest BCUT2D eigenvalue weighted by Crippen LogP contribution is -2.46. The summed E-state index contributed by atoms with van der Waals surface area (Å²) in [7, 11) is 0. The van der Waals surface area contributed by atoms with E-state index in [0.717, 1.165) is 0 Å². The monoisotopic (exact) mass is 241 g/mol. The van der Waals surface area contributed by atoms with Crippen LogP contribution in [0.15, 0.2) is 0 Å². The lowest BCUT2D eigenvalue weighted by molar-refractivity contribution is -0.153. The Bertz CT molecular complexity index is 200. The Morgan fingerprint density at radius 1 is 1.19 bits per heavy atom. The molecule has 98 valence electrons. The Morgan fingerprint density at radius 2 is 1.69 bits per heavy atom. The van der Waals surface area contributed by atoms with E-state index in [9.17, 15) is 18.3 Å². The molecule has 0 aliphatic heterocycles. The van der Waals surface area contributed by atoms with E-state index in [0.29, 0.717) is 6.42 Å². The first kappa shape index (κ1) is 15.7. The molecule has 0 aromatic rings. The maximum absolute atomic E-state index is 12.3. The van der Waals surface area contributed by atoms with Crippen molar-refractivity contribution in [3.8, 4) is 0 Å². The second-order valence-corrected chi connectivity index (χ2v) is 4.94. The maximum atomic E-state index is 12.3. The van der Waals surface area contributed by atoms with E-state index in [4.69, 9.17) is 0 Å². The Labute approximate surface area is 95.4 Å². The number of halogens is 3. The second kappa shape index (κ2) is 5.87. The van der Waals surface area contributed by atoms with Gasteiger partial charge >= 0.3 is 6.18 Å². The summed E-state index contributed by atoms with van der Waals surface area (Å²) in [4.78, 5) is 1.36. The summed E-state index contributed by atoms with van der Waals surface area (Å²) in [6.45, 7) is 6.40. The van der Waals surface area contributed by atoms with Crippen LogP contribution in [-0.4, -0.2) is 41.9 Å². The van der Waals surface area contributed by atoms with E-state index in [1.165, 1.54) is 4.90 Å². The molecule has 1 unspecified atom stereocenters. The van der Waals surface area contributed by atoms with Crippen LogP contribution in [0.1, 0.15) is 34.1 Å². The van der Waals surface area contributed by atoms with E-state index < -0.39 is 18.1 Å². The Morgan fingerprint density at radius 3 is 1.94 bits per heavy atom. The predicted octanol–water partition coefficient (Wildman–Crippen LogP) is 2.67. The second-order valence-electron chi connectivity index (χ2n) is 4.94. The highest BCUT2D eigenvalue weighted by Gasteiger charge is 2.35. The van der Waals surface area contributed by atoms with Crippen LogP contribution in [0.2, 0.25) is 0 Å². The van der Waals surface area contributed by atoms with Gasteiger partial charge in [0.05, 0.1) is 6.54 Å². The van der Waals surface area contributed by atoms with Crippen LogP contribution in [0.3, 0.4) is 0 Å². The minimum absolute atomic E-state index is 0.0927. The fourth-order valence-corrected chi connectivity index (χ4v) is 1.42. The zero-order valence-corrected chi connectivity index (χ0v) is 10.4. The number of hydrogen-bond acceptors (Lipinski definition) is 2. The molecule has 0 heterocycles. The van der Waals surface area contributed by atoms with Crippen molar-refractivity contribution in [2.24, 2.45) is 5.41 Å². The molecular weight excluding hydrogens is 219 g/mol. The molecule has 0 aliphatic rings. The van der Waals surface area contributed by atoms with E-state index in [1.807, 2.05) is 6.92 Å². The molecule has 1 N–H and O–H groups in total. The van der Waals surface area contributed by atoms with E-state index in [2.05, 4.69) is 0 Å². The first-order valence-corrected chi connectivity index (χ1v) is 5.55. The summed E-state index contributed by atoms with van der Waals surface area (Å²) in [6, 6.07) is -0.181. The van der Waals surface area contributed by atoms with Gasteiger partial charge in [-0.1, -0.05) is 13.8 Å². The molecule has 0 amide bonds. The lowest BCUT2D eigenvalue weighted by Gasteiger charge is -2.36. The van der Waals surface area contributed by atoms with Gasteiger partial charge in [-0.2, -0.15) is 13.2 Å². The Hall–Kier alpha value is -0.290. The van der Waals surface area contributed by atoms with Gasteiger partial charge in [-0.15, -0.1) is 0 Å². The molecule has 2 nitrogen and oxygen atoms in total. The topological polar surface area (TPSA) is 23.5 Å². The zero-order valence-electron chi connectivity index (χ0n) is 10.4. The summed E-state index contributed by atoms with van der Waals surface area (Å²) < 4.78 is 37.0. The van der Waals surface area contributed by atoms with Crippen LogP contribution in [0, 0.1) is 5.41 Å². The largest absolute Gasteiger partial charge is 0.401 e. The van der Waals surface area contributed by atoms with Gasteiger partial charge in [0, 0.05) is 24.6 Å². The highest BCUT2D eigenvalue weighted by Crippen LogP contribution is 2.25. The lowest BCUT2D eigenvalue weighted by atomic mass is 9.87. The molecule has 1 atom stereocenters. The first-order valence-electron chi connectivity index (χ1n) is 5.55. The number of hydrogen-bond donors (Lipinski definition) is 1. The van der Waals surface area contributed by atoms with Crippen molar-refractivity contribution in [3.63, 3.8) is 0 Å². The number of rotatable bonds is 6. The van der Waals surface area contributed by atoms with Crippen molar-refractivity contribution in [1.29, 1.82) is 0 Å². The van der Waals surface area contributed by atoms with E-state index in [-0.39, 0.29) is 19.2 Å². The molecule has 16 heavy (non-hydrogen) atoms. The van der Waals surface area contributed by atoms with Crippen molar-refractivity contribution in [1.82, 2.24) is 4.90 Å². The van der Waals surface area contributed by atoms with Crippen molar-refractivity contribution >= 4 is 0 Å². The van der Waals surface area contributed by atoms with Gasteiger partial charge in [0.15, 0.2) is 0 Å². The van der Waals surface area contributed by atoms with Gasteiger partial charge in [-0.05, 0) is 20.3 Å². The quantitative estimate of drug-likeness (QED) is 0.772. The molecule has 0 aliphatic carbocycles. The molecule has 0 saturated carbocycles. The molecular formula is C11H22F3NO. The molecule has 0 bridgehead atoms. The van der Waals surface area contributed by atoms with Crippen molar-refractivity contribution < 1.29 is 18.3 Å². The van der Waals surface area contributed by atoms with Crippen LogP contribution >= 0.6 is 0 Å². The molecule has 0 saturated heterocycles. The average molecular weight is 241 g/mol. The summed E-state index contributed by atoms with van der Waals surface area (Å²) >= 11 is 0. The van der Waals surface area contributed by atoms with Crippen LogP contribution in [0.5, 0.6) is 0 Å². The molecule has 0 aromatic carbocycles. The third kappa shape index (κ3) is 5.70. The first-order chi connectivity index (χ1) is 7.13. The van der Waals surface area contributed by atoms with Crippen molar-refractivity contribution in [2.45, 2.75) is 46.3 Å². The number of nitrogens with zero attached hydrogens (tertiary/aromatic N) is 1. The summed E-state index contributed by atoms with van der Waals surface area (Å²) in [5, 5.41) is 9.21. The van der Waals surface area contributed by atoms with Gasteiger partial charge in [0.25, 0.3) is 0 Å². The minimum atomic E-state index is -4.19. The maximum Gasteiger partial charge on any atom is 0.401 e. The molecule has 0 aromatic heterocycles. The Kier molecular flexibility index (Phi) is 5.76. The normalized spacial score (nSPS) is 16.9. The smallest absolute Gasteiger partial charge is 0.396 e. The van der Waals surface area contributed by atoms with Crippen LogP contribution in [-0.2, 0) is 0 Å². The highest BCUT2D eigenvalue weighted by molar-refractivity contribution is 4.79. The third-order valence-electron chi connectivity index (χ3n) is 2.93. The van der Waals surface area contributed by atoms with Gasteiger partial charge in [-0.3, -0.25) is 4.90 Å². The summed E-state index contributed by atoms with van der Waals surface area (Å²) in [6.07, 6.45) is -3.53. The fourth-order valence-electron chi connectivity index (χ4n) is 1.42. The van der Waals surface area contributed by atoms with E-state index >= 15 is 0 Å². The standard InChI is InChI=1S/C11H22F3NO/c1-5-10(4,8-16)6-15(9(2)3)7-11(12,13)14/h9,16H,5-8H2,1-4H3. The van der Waals surface area contributed by atoms with Crippen LogP contribution in [0.4, 0.5) is 13.2 Å². The highest BCUT2D eigenvalue weighted by atomic mass is 19.4. The fraction of sp³-hybridized carbons (Fsp3) is 1.00. The van der Waals surface area contributed by atoms with Crippen LogP contribution in [0.25, 0.3) is 0 Å². The predicted molar refractivity (Wildman–Crippen MR) is 58.2 cm³/mol. The molecule has 0 fully saturated rings. The van der Waals surface area contributed by atoms with Gasteiger partial charge in [0.1, 0.15) is 0 Å². The summed E-state index contributed by atoms with van der Waals surface area (Å²) in [5.74, 6) is 0. The van der Waals surface area contributed by atoms with Crippen molar-refractivity contribution in [3.05, 3.63) is 0 Å². The number of alkyl halides is 3. The zero-order chi connectivity index (χ0) is 13.0. The third-order valence-corrected chi connectivity index (χ3v) is 2.93. The molecule has 0 spiro atoms. The van der Waals surface area contributed by atoms with Gasteiger partial charge in [-0.25, -0.2) is 0 Å².